The Kier molecular flexibility index (Phi) is 4.50. The molecular formula is C11H15ClN2O4. The first-order chi connectivity index (χ1) is 8.00. The number of nitro benzene ring substituents is 1. The van der Waals surface area contributed by atoms with Gasteiger partial charge in [-0.3, -0.25) is 10.1 Å². The average molecular weight is 275 g/mol. The highest BCUT2D eigenvalue weighted by Crippen LogP contribution is 2.39. The van der Waals surface area contributed by atoms with Gasteiger partial charge in [-0.1, -0.05) is 0 Å². The number of halogens is 1. The predicted octanol–water partition coefficient (Wildman–Crippen LogP) is 1.49. The maximum atomic E-state index is 10.8. The van der Waals surface area contributed by atoms with E-state index in [4.69, 9.17) is 5.73 Å². The maximum Gasteiger partial charge on any atom is 0.274 e. The molecule has 2 rings (SSSR count). The standard InChI is InChI=1S/C11H14N2O4.ClH/c12-10(11(15)6-1-2-6)8-5-7(14)3-4-9(8)13(16)17;/h3-6,10-11,14-15H,1-2,12H2;1H/t10-,11+;/m0./s1. The lowest BCUT2D eigenvalue weighted by molar-refractivity contribution is -0.385. The number of rotatable bonds is 4. The quantitative estimate of drug-likeness (QED) is 0.569. The molecule has 18 heavy (non-hydrogen) atoms. The van der Waals surface area contributed by atoms with Crippen molar-refractivity contribution in [2.24, 2.45) is 11.7 Å². The molecule has 0 unspecified atom stereocenters. The summed E-state index contributed by atoms with van der Waals surface area (Å²) in [5.74, 6) is 0.0241. The van der Waals surface area contributed by atoms with Gasteiger partial charge in [0, 0.05) is 6.07 Å². The van der Waals surface area contributed by atoms with E-state index in [0.717, 1.165) is 12.8 Å². The lowest BCUT2D eigenvalue weighted by Gasteiger charge is -2.18. The number of aliphatic hydroxyl groups is 1. The van der Waals surface area contributed by atoms with E-state index in [-0.39, 0.29) is 35.3 Å². The molecule has 0 radical (unpaired) electrons. The highest BCUT2D eigenvalue weighted by atomic mass is 35.5. The van der Waals surface area contributed by atoms with Crippen LogP contribution in [-0.2, 0) is 0 Å². The Labute approximate surface area is 110 Å². The van der Waals surface area contributed by atoms with Gasteiger partial charge in [0.05, 0.1) is 22.6 Å². The van der Waals surface area contributed by atoms with Gasteiger partial charge in [-0.05, 0) is 30.9 Å². The number of benzene rings is 1. The summed E-state index contributed by atoms with van der Waals surface area (Å²) in [6, 6.07) is 2.84. The molecule has 1 aliphatic carbocycles. The van der Waals surface area contributed by atoms with Gasteiger partial charge in [0.15, 0.2) is 0 Å². The fourth-order valence-electron chi connectivity index (χ4n) is 1.89. The molecule has 1 aromatic rings. The van der Waals surface area contributed by atoms with Crippen LogP contribution in [0.5, 0.6) is 5.75 Å². The molecule has 0 bridgehead atoms. The number of hydrogen-bond acceptors (Lipinski definition) is 5. The van der Waals surface area contributed by atoms with Gasteiger partial charge in [-0.15, -0.1) is 12.4 Å². The topological polar surface area (TPSA) is 110 Å². The molecule has 0 aliphatic heterocycles. The predicted molar refractivity (Wildman–Crippen MR) is 67.7 cm³/mol. The summed E-state index contributed by atoms with van der Waals surface area (Å²) in [4.78, 5) is 10.3. The molecule has 2 atom stereocenters. The maximum absolute atomic E-state index is 10.8. The minimum Gasteiger partial charge on any atom is -0.508 e. The van der Waals surface area contributed by atoms with Crippen molar-refractivity contribution in [3.63, 3.8) is 0 Å². The fraction of sp³-hybridized carbons (Fsp3) is 0.455. The number of phenolic OH excluding ortho intramolecular Hbond substituents is 1. The number of nitrogens with two attached hydrogens (primary N) is 1. The van der Waals surface area contributed by atoms with Gasteiger partial charge < -0.3 is 15.9 Å². The highest BCUT2D eigenvalue weighted by Gasteiger charge is 2.36. The monoisotopic (exact) mass is 274 g/mol. The van der Waals surface area contributed by atoms with E-state index in [9.17, 15) is 20.3 Å². The molecule has 4 N–H and O–H groups in total. The van der Waals surface area contributed by atoms with Crippen LogP contribution in [0.1, 0.15) is 24.4 Å². The van der Waals surface area contributed by atoms with Gasteiger partial charge >= 0.3 is 0 Å². The molecule has 1 aromatic carbocycles. The first-order valence-corrected chi connectivity index (χ1v) is 5.41. The van der Waals surface area contributed by atoms with Crippen molar-refractivity contribution in [3.05, 3.63) is 33.9 Å². The van der Waals surface area contributed by atoms with Crippen molar-refractivity contribution in [3.8, 4) is 5.75 Å². The Bertz CT molecular complexity index is 451. The van der Waals surface area contributed by atoms with Gasteiger partial charge in [0.1, 0.15) is 5.75 Å². The lowest BCUT2D eigenvalue weighted by atomic mass is 9.97. The minimum absolute atomic E-state index is 0. The number of hydrogen-bond donors (Lipinski definition) is 3. The Balaban J connectivity index is 0.00000162. The van der Waals surface area contributed by atoms with Crippen LogP contribution in [0.3, 0.4) is 0 Å². The Morgan fingerprint density at radius 2 is 2.06 bits per heavy atom. The normalized spacial score (nSPS) is 17.7. The summed E-state index contributed by atoms with van der Waals surface area (Å²) < 4.78 is 0. The summed E-state index contributed by atoms with van der Waals surface area (Å²) >= 11 is 0. The van der Waals surface area contributed by atoms with Crippen LogP contribution in [0.15, 0.2) is 18.2 Å². The second-order valence-corrected chi connectivity index (χ2v) is 4.35. The molecule has 100 valence electrons. The van der Waals surface area contributed by atoms with Crippen LogP contribution in [0.25, 0.3) is 0 Å². The molecule has 0 amide bonds. The zero-order chi connectivity index (χ0) is 12.6. The summed E-state index contributed by atoms with van der Waals surface area (Å²) in [5, 5.41) is 30.1. The SMILES string of the molecule is Cl.N[C@@H](c1cc(O)ccc1[N+](=O)[O-])[C@H](O)C1CC1. The van der Waals surface area contributed by atoms with E-state index in [1.165, 1.54) is 18.2 Å². The van der Waals surface area contributed by atoms with Gasteiger partial charge in [-0.2, -0.15) is 0 Å². The van der Waals surface area contributed by atoms with Gasteiger partial charge in [0.2, 0.25) is 0 Å². The molecule has 1 fully saturated rings. The summed E-state index contributed by atoms with van der Waals surface area (Å²) in [6.07, 6.45) is 0.985. The molecule has 0 spiro atoms. The zero-order valence-electron chi connectivity index (χ0n) is 9.52. The van der Waals surface area contributed by atoms with Crippen LogP contribution in [0.4, 0.5) is 5.69 Å². The van der Waals surface area contributed by atoms with Crippen molar-refractivity contribution in [1.82, 2.24) is 0 Å². The highest BCUT2D eigenvalue weighted by molar-refractivity contribution is 5.85. The fourth-order valence-corrected chi connectivity index (χ4v) is 1.89. The number of aliphatic hydroxyl groups excluding tert-OH is 1. The van der Waals surface area contributed by atoms with E-state index in [2.05, 4.69) is 0 Å². The first-order valence-electron chi connectivity index (χ1n) is 5.41. The van der Waals surface area contributed by atoms with Gasteiger partial charge in [0.25, 0.3) is 5.69 Å². The van der Waals surface area contributed by atoms with Crippen LogP contribution in [0, 0.1) is 16.0 Å². The summed E-state index contributed by atoms with van der Waals surface area (Å²) in [7, 11) is 0. The van der Waals surface area contributed by atoms with Crippen molar-refractivity contribution in [1.29, 1.82) is 0 Å². The molecule has 0 aromatic heterocycles. The number of aromatic hydroxyl groups is 1. The van der Waals surface area contributed by atoms with Crippen molar-refractivity contribution in [2.45, 2.75) is 25.0 Å². The second kappa shape index (κ2) is 5.51. The molecule has 7 heteroatoms. The third-order valence-electron chi connectivity index (χ3n) is 3.04. The van der Waals surface area contributed by atoms with E-state index in [1.54, 1.807) is 0 Å². The average Bonchev–Trinajstić information content (AvgIpc) is 3.10. The van der Waals surface area contributed by atoms with E-state index < -0.39 is 17.1 Å². The number of nitrogens with zero attached hydrogens (tertiary/aromatic N) is 1. The largest absolute Gasteiger partial charge is 0.508 e. The Morgan fingerprint density at radius 3 is 2.56 bits per heavy atom. The summed E-state index contributed by atoms with van der Waals surface area (Å²) in [6.45, 7) is 0. The van der Waals surface area contributed by atoms with Gasteiger partial charge in [-0.25, -0.2) is 0 Å². The summed E-state index contributed by atoms with van der Waals surface area (Å²) in [5.41, 5.74) is 5.83. The molecule has 1 saturated carbocycles. The first kappa shape index (κ1) is 14.7. The second-order valence-electron chi connectivity index (χ2n) is 4.35. The van der Waals surface area contributed by atoms with Crippen LogP contribution < -0.4 is 5.73 Å². The van der Waals surface area contributed by atoms with Crippen LogP contribution in [-0.4, -0.2) is 21.2 Å². The van der Waals surface area contributed by atoms with Crippen LogP contribution >= 0.6 is 12.4 Å². The Morgan fingerprint density at radius 1 is 1.44 bits per heavy atom. The number of phenols is 1. The van der Waals surface area contributed by atoms with Crippen molar-refractivity contribution >= 4 is 18.1 Å². The van der Waals surface area contributed by atoms with E-state index in [0.29, 0.717) is 0 Å². The number of nitro groups is 1. The molecular weight excluding hydrogens is 260 g/mol. The van der Waals surface area contributed by atoms with E-state index >= 15 is 0 Å². The van der Waals surface area contributed by atoms with E-state index in [1.807, 2.05) is 0 Å². The Hall–Kier alpha value is -1.37. The molecule has 0 heterocycles. The minimum atomic E-state index is -0.838. The van der Waals surface area contributed by atoms with Crippen molar-refractivity contribution < 1.29 is 15.1 Å². The van der Waals surface area contributed by atoms with Crippen molar-refractivity contribution in [2.75, 3.05) is 0 Å². The van der Waals surface area contributed by atoms with Crippen LogP contribution in [0.2, 0.25) is 0 Å². The molecule has 0 saturated heterocycles. The molecule has 6 nitrogen and oxygen atoms in total. The smallest absolute Gasteiger partial charge is 0.274 e. The lowest BCUT2D eigenvalue weighted by Crippen LogP contribution is -2.28. The zero-order valence-corrected chi connectivity index (χ0v) is 10.3. The molecule has 1 aliphatic rings. The third-order valence-corrected chi connectivity index (χ3v) is 3.04. The third kappa shape index (κ3) is 2.90.